The Bertz CT molecular complexity index is 1210. The highest BCUT2D eigenvalue weighted by atomic mass is 16.2. The SMILES string of the molecule is CCCN(C(=O)c1cc(C2CC2)nc2c1c(C)nn2C(C)(C)C)C(C)C(=O)Nc1ccccc1. The second-order valence-electron chi connectivity index (χ2n) is 10.3. The van der Waals surface area contributed by atoms with Crippen molar-refractivity contribution >= 4 is 28.5 Å². The highest BCUT2D eigenvalue weighted by Gasteiger charge is 2.33. The van der Waals surface area contributed by atoms with E-state index in [2.05, 4.69) is 26.1 Å². The molecular formula is C27H35N5O2. The molecule has 7 heteroatoms. The van der Waals surface area contributed by atoms with Gasteiger partial charge in [0.1, 0.15) is 6.04 Å². The van der Waals surface area contributed by atoms with Crippen LogP contribution in [0.4, 0.5) is 5.69 Å². The standard InChI is InChI=1S/C27H35N5O2/c1-7-15-31(18(3)25(33)28-20-11-9-8-10-12-20)26(34)21-16-22(19-13-14-19)29-24-23(21)17(2)30-32(24)27(4,5)6/h8-12,16,18-19H,7,13-15H2,1-6H3,(H,28,33). The van der Waals surface area contributed by atoms with Crippen molar-refractivity contribution in [3.63, 3.8) is 0 Å². The molecule has 34 heavy (non-hydrogen) atoms. The van der Waals surface area contributed by atoms with E-state index < -0.39 is 6.04 Å². The third kappa shape index (κ3) is 4.69. The molecule has 1 atom stereocenters. The van der Waals surface area contributed by atoms with Crippen LogP contribution >= 0.6 is 0 Å². The van der Waals surface area contributed by atoms with Crippen LogP contribution in [0.2, 0.25) is 0 Å². The van der Waals surface area contributed by atoms with E-state index in [-0.39, 0.29) is 17.4 Å². The van der Waals surface area contributed by atoms with Crippen molar-refractivity contribution in [2.45, 2.75) is 78.3 Å². The van der Waals surface area contributed by atoms with Gasteiger partial charge < -0.3 is 10.2 Å². The van der Waals surface area contributed by atoms with Gasteiger partial charge in [-0.25, -0.2) is 9.67 Å². The summed E-state index contributed by atoms with van der Waals surface area (Å²) in [6, 6.07) is 10.6. The fraction of sp³-hybridized carbons (Fsp3) is 0.481. The number of amides is 2. The maximum atomic E-state index is 14.0. The Hall–Kier alpha value is -3.22. The number of carbonyl (C=O) groups excluding carboxylic acids is 2. The number of hydrogen-bond donors (Lipinski definition) is 1. The Kier molecular flexibility index (Phi) is 6.47. The number of pyridine rings is 1. The van der Waals surface area contributed by atoms with Gasteiger partial charge in [0.2, 0.25) is 5.91 Å². The van der Waals surface area contributed by atoms with Crippen molar-refractivity contribution in [3.05, 3.63) is 53.3 Å². The van der Waals surface area contributed by atoms with Gasteiger partial charge in [-0.3, -0.25) is 9.59 Å². The van der Waals surface area contributed by atoms with Crippen LogP contribution in [-0.4, -0.2) is 44.1 Å². The largest absolute Gasteiger partial charge is 0.327 e. The molecule has 0 saturated heterocycles. The van der Waals surface area contributed by atoms with Crippen molar-refractivity contribution in [1.29, 1.82) is 0 Å². The van der Waals surface area contributed by atoms with E-state index in [0.717, 1.165) is 41.7 Å². The van der Waals surface area contributed by atoms with Crippen LogP contribution in [0.15, 0.2) is 36.4 Å². The van der Waals surface area contributed by atoms with E-state index in [1.165, 1.54) is 0 Å². The maximum absolute atomic E-state index is 14.0. The molecule has 1 aromatic carbocycles. The first kappa shape index (κ1) is 23.9. The number of aromatic nitrogens is 3. The average Bonchev–Trinajstić information content (AvgIpc) is 3.59. The number of para-hydroxylation sites is 1. The van der Waals surface area contributed by atoms with Crippen LogP contribution in [0.1, 0.15) is 81.5 Å². The normalized spacial score (nSPS) is 14.8. The lowest BCUT2D eigenvalue weighted by molar-refractivity contribution is -0.120. The van der Waals surface area contributed by atoms with Crippen molar-refractivity contribution in [3.8, 4) is 0 Å². The zero-order chi connectivity index (χ0) is 24.6. The molecule has 3 aromatic rings. The average molecular weight is 462 g/mol. The summed E-state index contributed by atoms with van der Waals surface area (Å²) in [4.78, 5) is 33.8. The molecule has 1 fully saturated rings. The zero-order valence-electron chi connectivity index (χ0n) is 21.1. The predicted molar refractivity (Wildman–Crippen MR) is 135 cm³/mol. The van der Waals surface area contributed by atoms with Crippen molar-refractivity contribution < 1.29 is 9.59 Å². The van der Waals surface area contributed by atoms with E-state index in [1.807, 2.05) is 54.9 Å². The fourth-order valence-electron chi connectivity index (χ4n) is 4.31. The summed E-state index contributed by atoms with van der Waals surface area (Å²) < 4.78 is 1.93. The van der Waals surface area contributed by atoms with Gasteiger partial charge in [0.05, 0.1) is 22.2 Å². The van der Waals surface area contributed by atoms with E-state index in [4.69, 9.17) is 10.1 Å². The fourth-order valence-corrected chi connectivity index (χ4v) is 4.31. The Labute approximate surface area is 201 Å². The highest BCUT2D eigenvalue weighted by molar-refractivity contribution is 6.08. The number of rotatable bonds is 7. The zero-order valence-corrected chi connectivity index (χ0v) is 21.1. The number of anilines is 1. The minimum Gasteiger partial charge on any atom is -0.327 e. The van der Waals surface area contributed by atoms with Crippen LogP contribution in [0.5, 0.6) is 0 Å². The molecule has 2 amide bonds. The van der Waals surface area contributed by atoms with Crippen LogP contribution in [0.25, 0.3) is 11.0 Å². The van der Waals surface area contributed by atoms with Crippen LogP contribution in [-0.2, 0) is 10.3 Å². The van der Waals surface area contributed by atoms with Crippen molar-refractivity contribution in [2.24, 2.45) is 0 Å². The number of nitrogens with zero attached hydrogens (tertiary/aromatic N) is 4. The molecule has 4 rings (SSSR count). The summed E-state index contributed by atoms with van der Waals surface area (Å²) in [5.74, 6) is 0.0317. The van der Waals surface area contributed by atoms with Gasteiger partial charge in [-0.1, -0.05) is 25.1 Å². The first-order valence-corrected chi connectivity index (χ1v) is 12.2. The maximum Gasteiger partial charge on any atom is 0.255 e. The minimum absolute atomic E-state index is 0.150. The van der Waals surface area contributed by atoms with Gasteiger partial charge in [0.25, 0.3) is 5.91 Å². The smallest absolute Gasteiger partial charge is 0.255 e. The minimum atomic E-state index is -0.627. The topological polar surface area (TPSA) is 80.1 Å². The summed E-state index contributed by atoms with van der Waals surface area (Å²) in [5.41, 5.74) is 3.50. The van der Waals surface area contributed by atoms with E-state index in [9.17, 15) is 9.59 Å². The Morgan fingerprint density at radius 1 is 1.21 bits per heavy atom. The number of hydrogen-bond acceptors (Lipinski definition) is 4. The van der Waals surface area contributed by atoms with Gasteiger partial charge in [-0.15, -0.1) is 0 Å². The van der Waals surface area contributed by atoms with Gasteiger partial charge in [-0.2, -0.15) is 5.10 Å². The lowest BCUT2D eigenvalue weighted by Gasteiger charge is -2.29. The molecule has 1 aliphatic carbocycles. The number of fused-ring (bicyclic) bond motifs is 1. The van der Waals surface area contributed by atoms with Gasteiger partial charge >= 0.3 is 0 Å². The number of nitrogens with one attached hydrogen (secondary N) is 1. The predicted octanol–water partition coefficient (Wildman–Crippen LogP) is 5.25. The first-order chi connectivity index (χ1) is 16.1. The van der Waals surface area contributed by atoms with E-state index in [0.29, 0.717) is 23.7 Å². The molecule has 0 spiro atoms. The highest BCUT2D eigenvalue weighted by Crippen LogP contribution is 2.41. The summed E-state index contributed by atoms with van der Waals surface area (Å²) in [7, 11) is 0. The monoisotopic (exact) mass is 461 g/mol. The molecule has 1 aliphatic rings. The summed E-state index contributed by atoms with van der Waals surface area (Å²) in [6.45, 7) is 12.5. The Morgan fingerprint density at radius 3 is 2.47 bits per heavy atom. The molecule has 0 radical (unpaired) electrons. The lowest BCUT2D eigenvalue weighted by atomic mass is 10.0. The summed E-state index contributed by atoms with van der Waals surface area (Å²) in [6.07, 6.45) is 2.92. The summed E-state index contributed by atoms with van der Waals surface area (Å²) in [5, 5.41) is 8.49. The molecule has 1 N–H and O–H groups in total. The third-order valence-electron chi connectivity index (χ3n) is 6.31. The molecule has 2 aromatic heterocycles. The van der Waals surface area contributed by atoms with Gasteiger partial charge in [-0.05, 0) is 72.1 Å². The second-order valence-corrected chi connectivity index (χ2v) is 10.3. The van der Waals surface area contributed by atoms with Gasteiger partial charge in [0.15, 0.2) is 5.65 Å². The molecule has 1 saturated carbocycles. The van der Waals surface area contributed by atoms with Crippen molar-refractivity contribution in [2.75, 3.05) is 11.9 Å². The lowest BCUT2D eigenvalue weighted by Crippen LogP contribution is -2.46. The quantitative estimate of drug-likeness (QED) is 0.521. The van der Waals surface area contributed by atoms with Crippen LogP contribution in [0.3, 0.4) is 0 Å². The Balaban J connectivity index is 1.76. The number of benzene rings is 1. The van der Waals surface area contributed by atoms with Crippen LogP contribution in [0, 0.1) is 6.92 Å². The molecule has 180 valence electrons. The third-order valence-corrected chi connectivity index (χ3v) is 6.31. The number of aryl methyl sites for hydroxylation is 1. The molecule has 1 unspecified atom stereocenters. The molecule has 0 aliphatic heterocycles. The molecule has 2 heterocycles. The molecule has 0 bridgehead atoms. The molecular weight excluding hydrogens is 426 g/mol. The van der Waals surface area contributed by atoms with Crippen molar-refractivity contribution in [1.82, 2.24) is 19.7 Å². The summed E-state index contributed by atoms with van der Waals surface area (Å²) >= 11 is 0. The Morgan fingerprint density at radius 2 is 1.88 bits per heavy atom. The van der Waals surface area contributed by atoms with Gasteiger partial charge in [0, 0.05) is 23.8 Å². The number of carbonyl (C=O) groups is 2. The second kappa shape index (κ2) is 9.20. The van der Waals surface area contributed by atoms with E-state index >= 15 is 0 Å². The molecule has 7 nitrogen and oxygen atoms in total. The first-order valence-electron chi connectivity index (χ1n) is 12.2. The van der Waals surface area contributed by atoms with Crippen LogP contribution < -0.4 is 5.32 Å². The van der Waals surface area contributed by atoms with E-state index in [1.54, 1.807) is 11.8 Å².